The second-order valence-corrected chi connectivity index (χ2v) is 4.52. The fraction of sp³-hybridized carbons (Fsp3) is 0.308. The lowest BCUT2D eigenvalue weighted by Crippen LogP contribution is -2.51. The van der Waals surface area contributed by atoms with E-state index in [4.69, 9.17) is 5.11 Å². The van der Waals surface area contributed by atoms with Gasteiger partial charge in [0, 0.05) is 20.1 Å². The fourth-order valence-corrected chi connectivity index (χ4v) is 1.90. The van der Waals surface area contributed by atoms with Crippen LogP contribution in [0.1, 0.15) is 10.4 Å². The summed E-state index contributed by atoms with van der Waals surface area (Å²) in [6.07, 6.45) is 0. The number of carboxylic acid groups (broad SMARTS) is 1. The van der Waals surface area contributed by atoms with E-state index in [0.717, 1.165) is 0 Å². The number of carboxylic acids is 1. The average molecular weight is 277 g/mol. The first-order valence-electron chi connectivity index (χ1n) is 6.11. The molecule has 106 valence electrons. The molecule has 7 heteroatoms. The number of nitrogens with one attached hydrogen (secondary N) is 1. The van der Waals surface area contributed by atoms with Crippen LogP contribution < -0.4 is 5.32 Å². The normalized spacial score (nSPS) is 15.2. The molecular weight excluding hydrogens is 262 g/mol. The van der Waals surface area contributed by atoms with E-state index in [1.165, 1.54) is 17.0 Å². The van der Waals surface area contributed by atoms with Crippen molar-refractivity contribution in [3.63, 3.8) is 0 Å². The number of anilines is 1. The molecule has 1 aliphatic heterocycles. The van der Waals surface area contributed by atoms with Crippen LogP contribution in [-0.2, 0) is 4.79 Å². The summed E-state index contributed by atoms with van der Waals surface area (Å²) < 4.78 is 0. The number of nitrogens with zero attached hydrogens (tertiary/aromatic N) is 2. The number of piperazine rings is 1. The Balaban J connectivity index is 2.09. The van der Waals surface area contributed by atoms with E-state index in [2.05, 4.69) is 5.32 Å². The summed E-state index contributed by atoms with van der Waals surface area (Å²) in [5.74, 6) is -1.26. The molecule has 1 aliphatic rings. The van der Waals surface area contributed by atoms with Gasteiger partial charge in [0.15, 0.2) is 0 Å². The third-order valence-electron chi connectivity index (χ3n) is 3.14. The van der Waals surface area contributed by atoms with E-state index in [1.54, 1.807) is 24.1 Å². The van der Waals surface area contributed by atoms with Crippen LogP contribution in [0.25, 0.3) is 0 Å². The first-order valence-corrected chi connectivity index (χ1v) is 6.11. The zero-order chi connectivity index (χ0) is 14.7. The first-order chi connectivity index (χ1) is 9.49. The van der Waals surface area contributed by atoms with Crippen molar-refractivity contribution in [2.45, 2.75) is 0 Å². The van der Waals surface area contributed by atoms with Gasteiger partial charge in [-0.05, 0) is 12.1 Å². The molecule has 3 amide bonds. The molecule has 1 heterocycles. The number of amides is 3. The summed E-state index contributed by atoms with van der Waals surface area (Å²) in [4.78, 5) is 37.6. The van der Waals surface area contributed by atoms with Crippen molar-refractivity contribution in [3.8, 4) is 0 Å². The van der Waals surface area contributed by atoms with Gasteiger partial charge in [0.1, 0.15) is 6.54 Å². The second kappa shape index (κ2) is 5.60. The van der Waals surface area contributed by atoms with E-state index in [9.17, 15) is 14.4 Å². The smallest absolute Gasteiger partial charge is 0.337 e. The summed E-state index contributed by atoms with van der Waals surface area (Å²) >= 11 is 0. The zero-order valence-electron chi connectivity index (χ0n) is 11.0. The molecule has 0 aliphatic carbocycles. The molecule has 0 unspecified atom stereocenters. The van der Waals surface area contributed by atoms with Gasteiger partial charge < -0.3 is 20.2 Å². The standard InChI is InChI=1S/C13H15N3O4/c1-15-6-7-16(8-11(15)17)13(20)14-10-5-3-2-4-9(10)12(18)19/h2-5H,6-8H2,1H3,(H,14,20)(H,18,19). The molecule has 1 aromatic rings. The number of aromatic carboxylic acids is 1. The highest BCUT2D eigenvalue weighted by Gasteiger charge is 2.25. The lowest BCUT2D eigenvalue weighted by molar-refractivity contribution is -0.133. The van der Waals surface area contributed by atoms with Gasteiger partial charge in [0.2, 0.25) is 5.91 Å². The Bertz CT molecular complexity index is 558. The minimum absolute atomic E-state index is 0.00241. The van der Waals surface area contributed by atoms with E-state index in [-0.39, 0.29) is 23.7 Å². The maximum Gasteiger partial charge on any atom is 0.337 e. The van der Waals surface area contributed by atoms with E-state index >= 15 is 0 Å². The average Bonchev–Trinajstić information content (AvgIpc) is 2.42. The van der Waals surface area contributed by atoms with Crippen LogP contribution in [0.15, 0.2) is 24.3 Å². The molecule has 0 aromatic heterocycles. The third kappa shape index (κ3) is 2.87. The van der Waals surface area contributed by atoms with Gasteiger partial charge in [0.25, 0.3) is 0 Å². The van der Waals surface area contributed by atoms with Crippen LogP contribution in [-0.4, -0.2) is 59.5 Å². The van der Waals surface area contributed by atoms with Gasteiger partial charge in [-0.3, -0.25) is 4.79 Å². The quantitative estimate of drug-likeness (QED) is 0.832. The topological polar surface area (TPSA) is 89.9 Å². The Morgan fingerprint density at radius 2 is 1.95 bits per heavy atom. The van der Waals surface area contributed by atoms with Crippen molar-refractivity contribution in [1.29, 1.82) is 0 Å². The number of urea groups is 1. The number of likely N-dealkylation sites (N-methyl/N-ethyl adjacent to an activating group) is 1. The summed E-state index contributed by atoms with van der Waals surface area (Å²) in [5.41, 5.74) is 0.234. The highest BCUT2D eigenvalue weighted by atomic mass is 16.4. The Morgan fingerprint density at radius 1 is 1.25 bits per heavy atom. The number of rotatable bonds is 2. The molecule has 2 rings (SSSR count). The maximum absolute atomic E-state index is 12.0. The minimum atomic E-state index is -1.12. The van der Waals surface area contributed by atoms with Gasteiger partial charge >= 0.3 is 12.0 Å². The summed E-state index contributed by atoms with van der Waals surface area (Å²) in [6, 6.07) is 5.67. The molecule has 0 saturated carbocycles. The largest absolute Gasteiger partial charge is 0.478 e. The zero-order valence-corrected chi connectivity index (χ0v) is 11.0. The molecule has 0 atom stereocenters. The molecule has 1 fully saturated rings. The molecule has 1 saturated heterocycles. The van der Waals surface area contributed by atoms with Crippen molar-refractivity contribution in [2.24, 2.45) is 0 Å². The van der Waals surface area contributed by atoms with Crippen LogP contribution in [0, 0.1) is 0 Å². The lowest BCUT2D eigenvalue weighted by atomic mass is 10.2. The predicted octanol–water partition coefficient (Wildman–Crippen LogP) is 0.691. The Labute approximate surface area is 115 Å². The van der Waals surface area contributed by atoms with Crippen molar-refractivity contribution < 1.29 is 19.5 Å². The lowest BCUT2D eigenvalue weighted by Gasteiger charge is -2.32. The van der Waals surface area contributed by atoms with Crippen LogP contribution in [0.3, 0.4) is 0 Å². The van der Waals surface area contributed by atoms with Gasteiger partial charge in [-0.1, -0.05) is 12.1 Å². The Kier molecular flexibility index (Phi) is 3.88. The first kappa shape index (κ1) is 13.9. The molecule has 1 aromatic carbocycles. The third-order valence-corrected chi connectivity index (χ3v) is 3.14. The van der Waals surface area contributed by atoms with Crippen LogP contribution in [0.2, 0.25) is 0 Å². The number of carbonyl (C=O) groups excluding carboxylic acids is 2. The molecule has 0 radical (unpaired) electrons. The Morgan fingerprint density at radius 3 is 2.60 bits per heavy atom. The SMILES string of the molecule is CN1CCN(C(=O)Nc2ccccc2C(=O)O)CC1=O. The van der Waals surface area contributed by atoms with Gasteiger partial charge in [-0.25, -0.2) is 9.59 Å². The van der Waals surface area contributed by atoms with Crippen LogP contribution >= 0.6 is 0 Å². The maximum atomic E-state index is 12.0. The molecule has 0 spiro atoms. The number of hydrogen-bond acceptors (Lipinski definition) is 3. The monoisotopic (exact) mass is 277 g/mol. The highest BCUT2D eigenvalue weighted by Crippen LogP contribution is 2.16. The summed E-state index contributed by atoms with van der Waals surface area (Å²) in [6.45, 7) is 0.883. The fourth-order valence-electron chi connectivity index (χ4n) is 1.90. The van der Waals surface area contributed by atoms with Gasteiger partial charge in [0.05, 0.1) is 11.3 Å². The second-order valence-electron chi connectivity index (χ2n) is 4.52. The summed E-state index contributed by atoms with van der Waals surface area (Å²) in [5, 5.41) is 11.6. The van der Waals surface area contributed by atoms with Crippen molar-refractivity contribution in [3.05, 3.63) is 29.8 Å². The van der Waals surface area contributed by atoms with Gasteiger partial charge in [-0.15, -0.1) is 0 Å². The molecule has 2 N–H and O–H groups in total. The number of hydrogen-bond donors (Lipinski definition) is 2. The van der Waals surface area contributed by atoms with Crippen molar-refractivity contribution in [1.82, 2.24) is 9.80 Å². The van der Waals surface area contributed by atoms with E-state index in [0.29, 0.717) is 13.1 Å². The molecule has 7 nitrogen and oxygen atoms in total. The van der Waals surface area contributed by atoms with Crippen LogP contribution in [0.4, 0.5) is 10.5 Å². The van der Waals surface area contributed by atoms with E-state index < -0.39 is 12.0 Å². The molecule has 20 heavy (non-hydrogen) atoms. The molecular formula is C13H15N3O4. The van der Waals surface area contributed by atoms with Gasteiger partial charge in [-0.2, -0.15) is 0 Å². The highest BCUT2D eigenvalue weighted by molar-refractivity contribution is 6.00. The number of carbonyl (C=O) groups is 3. The Hall–Kier alpha value is -2.57. The predicted molar refractivity (Wildman–Crippen MR) is 71.6 cm³/mol. The van der Waals surface area contributed by atoms with E-state index in [1.807, 2.05) is 0 Å². The number of benzene rings is 1. The molecule has 0 bridgehead atoms. The van der Waals surface area contributed by atoms with Crippen LogP contribution in [0.5, 0.6) is 0 Å². The van der Waals surface area contributed by atoms with Crippen molar-refractivity contribution in [2.75, 3.05) is 32.0 Å². The minimum Gasteiger partial charge on any atom is -0.478 e. The summed E-state index contributed by atoms with van der Waals surface area (Å²) in [7, 11) is 1.68. The number of para-hydroxylation sites is 1. The van der Waals surface area contributed by atoms with Crippen molar-refractivity contribution >= 4 is 23.6 Å².